The Labute approximate surface area is 93.6 Å². The third-order valence-corrected chi connectivity index (χ3v) is 3.30. The van der Waals surface area contributed by atoms with Crippen LogP contribution in [0.4, 0.5) is 0 Å². The van der Waals surface area contributed by atoms with Gasteiger partial charge in [0.25, 0.3) is 0 Å². The summed E-state index contributed by atoms with van der Waals surface area (Å²) >= 11 is 0. The molecule has 8 heteroatoms. The van der Waals surface area contributed by atoms with E-state index in [9.17, 15) is 9.36 Å². The van der Waals surface area contributed by atoms with Gasteiger partial charge >= 0.3 is 13.6 Å². The third kappa shape index (κ3) is 5.49. The summed E-state index contributed by atoms with van der Waals surface area (Å²) < 4.78 is 10.7. The Bertz CT molecular complexity index is 268. The first kappa shape index (κ1) is 14.9. The van der Waals surface area contributed by atoms with Crippen LogP contribution < -0.4 is 5.32 Å². The Kier molecular flexibility index (Phi) is 5.77. The number of halogens is 1. The molecule has 15 heavy (non-hydrogen) atoms. The zero-order valence-corrected chi connectivity index (χ0v) is 9.71. The van der Waals surface area contributed by atoms with Gasteiger partial charge in [-0.25, -0.2) is 0 Å². The van der Waals surface area contributed by atoms with Crippen LogP contribution in [0.25, 0.3) is 0 Å². The van der Waals surface area contributed by atoms with Crippen molar-refractivity contribution >= 4 is 26.0 Å². The average molecular weight is 260 g/mol. The van der Waals surface area contributed by atoms with Gasteiger partial charge in [0.15, 0.2) is 0 Å². The van der Waals surface area contributed by atoms with Crippen LogP contribution in [-0.4, -0.2) is 39.6 Å². The number of nitrogens with one attached hydrogen (secondary N) is 1. The van der Waals surface area contributed by atoms with Crippen LogP contribution in [0.1, 0.15) is 12.8 Å². The lowest BCUT2D eigenvalue weighted by Crippen LogP contribution is -2.44. The lowest BCUT2D eigenvalue weighted by atomic mass is 9.94. The molecule has 0 aromatic carbocycles. The summed E-state index contributed by atoms with van der Waals surface area (Å²) in [6, 6.07) is -0.666. The number of rotatable bonds is 3. The molecule has 4 N–H and O–H groups in total. The van der Waals surface area contributed by atoms with E-state index in [1.165, 1.54) is 0 Å². The molecular formula is C7H15ClNO5P. The maximum absolute atomic E-state index is 10.7. The number of carboxylic acids is 1. The van der Waals surface area contributed by atoms with E-state index in [0.717, 1.165) is 0 Å². The minimum absolute atomic E-state index is 0. The van der Waals surface area contributed by atoms with Gasteiger partial charge in [0.1, 0.15) is 6.04 Å². The van der Waals surface area contributed by atoms with Crippen LogP contribution in [0.5, 0.6) is 0 Å². The Balaban J connectivity index is 0.00000196. The number of carbonyl (C=O) groups is 1. The molecule has 1 rings (SSSR count). The van der Waals surface area contributed by atoms with E-state index in [4.69, 9.17) is 14.9 Å². The number of carboxylic acid groups (broad SMARTS) is 1. The lowest BCUT2D eigenvalue weighted by molar-refractivity contribution is -0.140. The van der Waals surface area contributed by atoms with E-state index in [1.54, 1.807) is 0 Å². The summed E-state index contributed by atoms with van der Waals surface area (Å²) in [6.07, 6.45) is 0.702. The first-order valence-electron chi connectivity index (χ1n) is 4.39. The van der Waals surface area contributed by atoms with Gasteiger partial charge < -0.3 is 20.2 Å². The second kappa shape index (κ2) is 5.82. The molecule has 0 amide bonds. The SMILES string of the molecule is Cl.O=C(O)C1CC(CP(=O)(O)O)CCN1. The number of hydrogen-bond donors (Lipinski definition) is 4. The van der Waals surface area contributed by atoms with Gasteiger partial charge in [0.05, 0.1) is 6.16 Å². The predicted molar refractivity (Wildman–Crippen MR) is 56.3 cm³/mol. The number of hydrogen-bond acceptors (Lipinski definition) is 3. The highest BCUT2D eigenvalue weighted by Gasteiger charge is 2.30. The number of aliphatic carboxylic acids is 1. The van der Waals surface area contributed by atoms with Crippen molar-refractivity contribution in [2.75, 3.05) is 12.7 Å². The highest BCUT2D eigenvalue weighted by Crippen LogP contribution is 2.39. The Morgan fingerprint density at radius 1 is 1.47 bits per heavy atom. The molecule has 0 aromatic heterocycles. The molecule has 0 saturated carbocycles. The first-order valence-corrected chi connectivity index (χ1v) is 6.19. The fourth-order valence-corrected chi connectivity index (χ4v) is 2.69. The minimum atomic E-state index is -4.01. The lowest BCUT2D eigenvalue weighted by Gasteiger charge is -2.27. The summed E-state index contributed by atoms with van der Waals surface area (Å²) in [4.78, 5) is 28.1. The van der Waals surface area contributed by atoms with E-state index in [0.29, 0.717) is 19.4 Å². The van der Waals surface area contributed by atoms with Crippen LogP contribution in [0.3, 0.4) is 0 Å². The van der Waals surface area contributed by atoms with E-state index >= 15 is 0 Å². The minimum Gasteiger partial charge on any atom is -0.480 e. The van der Waals surface area contributed by atoms with Crippen molar-refractivity contribution in [2.24, 2.45) is 5.92 Å². The molecule has 6 nitrogen and oxygen atoms in total. The molecule has 0 radical (unpaired) electrons. The molecule has 1 saturated heterocycles. The second-order valence-corrected chi connectivity index (χ2v) is 5.28. The zero-order valence-electron chi connectivity index (χ0n) is 8.00. The highest BCUT2D eigenvalue weighted by molar-refractivity contribution is 7.51. The Hall–Kier alpha value is -0.130. The van der Waals surface area contributed by atoms with Crippen LogP contribution in [0.2, 0.25) is 0 Å². The quantitative estimate of drug-likeness (QED) is 0.533. The monoisotopic (exact) mass is 259 g/mol. The average Bonchev–Trinajstić information content (AvgIpc) is 2.01. The van der Waals surface area contributed by atoms with Crippen LogP contribution in [-0.2, 0) is 9.36 Å². The molecule has 1 aliphatic heterocycles. The molecule has 0 aromatic rings. The van der Waals surface area contributed by atoms with Gasteiger partial charge in [-0.05, 0) is 25.3 Å². The van der Waals surface area contributed by atoms with Gasteiger partial charge in [-0.2, -0.15) is 0 Å². The Morgan fingerprint density at radius 2 is 2.07 bits per heavy atom. The van der Waals surface area contributed by atoms with Crippen LogP contribution in [0, 0.1) is 5.92 Å². The second-order valence-electron chi connectivity index (χ2n) is 3.58. The van der Waals surface area contributed by atoms with Crippen molar-refractivity contribution in [3.05, 3.63) is 0 Å². The van der Waals surface area contributed by atoms with E-state index < -0.39 is 19.6 Å². The van der Waals surface area contributed by atoms with E-state index in [1.807, 2.05) is 0 Å². The van der Waals surface area contributed by atoms with Crippen molar-refractivity contribution in [3.63, 3.8) is 0 Å². The standard InChI is InChI=1S/C7H14NO5P.ClH/c9-7(10)6-3-5(1-2-8-6)4-14(11,12)13;/h5-6,8H,1-4H2,(H,9,10)(H2,11,12,13);1H. The smallest absolute Gasteiger partial charge is 0.325 e. The normalized spacial score (nSPS) is 26.8. The summed E-state index contributed by atoms with van der Waals surface area (Å²) in [5.74, 6) is -1.15. The van der Waals surface area contributed by atoms with Gasteiger partial charge in [-0.1, -0.05) is 0 Å². The third-order valence-electron chi connectivity index (χ3n) is 2.31. The van der Waals surface area contributed by atoms with E-state index in [2.05, 4.69) is 5.32 Å². The first-order chi connectivity index (χ1) is 6.38. The molecule has 1 aliphatic rings. The molecule has 2 atom stereocenters. The predicted octanol–water partition coefficient (Wildman–Crippen LogP) is 0.0387. The maximum Gasteiger partial charge on any atom is 0.325 e. The fourth-order valence-electron chi connectivity index (χ4n) is 1.69. The van der Waals surface area contributed by atoms with Gasteiger partial charge in [-0.15, -0.1) is 12.4 Å². The van der Waals surface area contributed by atoms with Crippen molar-refractivity contribution in [2.45, 2.75) is 18.9 Å². The van der Waals surface area contributed by atoms with Crippen LogP contribution in [0.15, 0.2) is 0 Å². The van der Waals surface area contributed by atoms with Crippen molar-refractivity contribution < 1.29 is 24.3 Å². The van der Waals surface area contributed by atoms with Gasteiger partial charge in [-0.3, -0.25) is 9.36 Å². The number of piperidine rings is 1. The Morgan fingerprint density at radius 3 is 2.53 bits per heavy atom. The van der Waals surface area contributed by atoms with E-state index in [-0.39, 0.29) is 24.5 Å². The summed E-state index contributed by atoms with van der Waals surface area (Å²) in [6.45, 7) is 0.502. The van der Waals surface area contributed by atoms with Crippen molar-refractivity contribution in [1.29, 1.82) is 0 Å². The molecule has 0 bridgehead atoms. The van der Waals surface area contributed by atoms with Crippen LogP contribution >= 0.6 is 20.0 Å². The van der Waals surface area contributed by atoms with Gasteiger partial charge in [0.2, 0.25) is 0 Å². The fraction of sp³-hybridized carbons (Fsp3) is 0.857. The maximum atomic E-state index is 10.7. The molecule has 90 valence electrons. The summed E-state index contributed by atoms with van der Waals surface area (Å²) in [7, 11) is -4.01. The molecule has 1 heterocycles. The molecule has 0 aliphatic carbocycles. The van der Waals surface area contributed by atoms with Crippen molar-refractivity contribution in [3.8, 4) is 0 Å². The largest absolute Gasteiger partial charge is 0.480 e. The molecule has 2 unspecified atom stereocenters. The topological polar surface area (TPSA) is 107 Å². The highest BCUT2D eigenvalue weighted by atomic mass is 35.5. The molecular weight excluding hydrogens is 245 g/mol. The van der Waals surface area contributed by atoms with Crippen molar-refractivity contribution in [1.82, 2.24) is 5.32 Å². The van der Waals surface area contributed by atoms with Gasteiger partial charge in [0, 0.05) is 0 Å². The molecule has 0 spiro atoms. The summed E-state index contributed by atoms with van der Waals surface area (Å²) in [5.41, 5.74) is 0. The summed E-state index contributed by atoms with van der Waals surface area (Å²) in [5, 5.41) is 11.5. The molecule has 1 fully saturated rings. The zero-order chi connectivity index (χ0) is 10.8.